The summed E-state index contributed by atoms with van der Waals surface area (Å²) in [7, 11) is 2.00. The van der Waals surface area contributed by atoms with Gasteiger partial charge in [0, 0.05) is 50.5 Å². The van der Waals surface area contributed by atoms with E-state index >= 15 is 0 Å². The minimum atomic E-state index is 0. The molecule has 0 bridgehead atoms. The first-order chi connectivity index (χ1) is 7.16. The Labute approximate surface area is 103 Å². The van der Waals surface area contributed by atoms with E-state index in [1.165, 1.54) is 11.3 Å². The molecule has 0 radical (unpaired) electrons. The summed E-state index contributed by atoms with van der Waals surface area (Å²) in [5, 5.41) is 7.73. The Morgan fingerprint density at radius 2 is 2.31 bits per heavy atom. The Balaban J connectivity index is 0.00000128. The summed E-state index contributed by atoms with van der Waals surface area (Å²) in [5.41, 5.74) is 2.63. The highest BCUT2D eigenvalue weighted by atomic mass is 35.5. The molecule has 16 heavy (non-hydrogen) atoms. The van der Waals surface area contributed by atoms with E-state index in [-0.39, 0.29) is 12.4 Å². The van der Waals surface area contributed by atoms with E-state index in [4.69, 9.17) is 0 Å². The van der Waals surface area contributed by atoms with Crippen LogP contribution in [0.3, 0.4) is 0 Å². The molecule has 1 fully saturated rings. The van der Waals surface area contributed by atoms with Crippen LogP contribution in [0.4, 0.5) is 0 Å². The van der Waals surface area contributed by atoms with E-state index in [0.29, 0.717) is 6.04 Å². The Bertz CT molecular complexity index is 337. The average molecular weight is 245 g/mol. The lowest BCUT2D eigenvalue weighted by Gasteiger charge is -2.31. The molecule has 1 aromatic heterocycles. The highest BCUT2D eigenvalue weighted by molar-refractivity contribution is 5.85. The van der Waals surface area contributed by atoms with Gasteiger partial charge in [-0.1, -0.05) is 0 Å². The second-order valence-electron chi connectivity index (χ2n) is 4.47. The molecule has 2 rings (SSSR count). The van der Waals surface area contributed by atoms with Gasteiger partial charge in [0.15, 0.2) is 0 Å². The Hall–Kier alpha value is -0.580. The van der Waals surface area contributed by atoms with Gasteiger partial charge >= 0.3 is 0 Å². The summed E-state index contributed by atoms with van der Waals surface area (Å²) < 4.78 is 1.95. The maximum absolute atomic E-state index is 4.28. The monoisotopic (exact) mass is 244 g/mol. The number of nitrogens with one attached hydrogen (secondary N) is 1. The lowest BCUT2D eigenvalue weighted by Crippen LogP contribution is -2.48. The first-order valence-corrected chi connectivity index (χ1v) is 5.60. The molecule has 1 aromatic rings. The molecule has 0 aromatic carbocycles. The van der Waals surface area contributed by atoms with Crippen LogP contribution in [0.1, 0.15) is 18.2 Å². The maximum Gasteiger partial charge on any atom is 0.0537 e. The van der Waals surface area contributed by atoms with E-state index < -0.39 is 0 Å². The highest BCUT2D eigenvalue weighted by Crippen LogP contribution is 2.10. The molecule has 0 saturated carbocycles. The lowest BCUT2D eigenvalue weighted by atomic mass is 10.2. The van der Waals surface area contributed by atoms with Gasteiger partial charge in [-0.15, -0.1) is 12.4 Å². The fourth-order valence-electron chi connectivity index (χ4n) is 2.10. The summed E-state index contributed by atoms with van der Waals surface area (Å²) in [6, 6.07) is 0.607. The number of rotatable bonds is 2. The summed E-state index contributed by atoms with van der Waals surface area (Å²) >= 11 is 0. The van der Waals surface area contributed by atoms with Gasteiger partial charge in [-0.25, -0.2) is 0 Å². The number of aromatic nitrogens is 2. The molecule has 0 spiro atoms. The highest BCUT2D eigenvalue weighted by Gasteiger charge is 2.16. The summed E-state index contributed by atoms with van der Waals surface area (Å²) in [5.74, 6) is 0. The van der Waals surface area contributed by atoms with Gasteiger partial charge in [-0.2, -0.15) is 5.10 Å². The van der Waals surface area contributed by atoms with Crippen LogP contribution < -0.4 is 5.32 Å². The zero-order valence-corrected chi connectivity index (χ0v) is 11.0. The maximum atomic E-state index is 4.28. The fraction of sp³-hybridized carbons (Fsp3) is 0.727. The molecule has 1 unspecified atom stereocenters. The Morgan fingerprint density at radius 3 is 2.88 bits per heavy atom. The predicted octanol–water partition coefficient (Wildman–Crippen LogP) is 0.944. The Kier molecular flexibility index (Phi) is 4.77. The number of nitrogens with zero attached hydrogens (tertiary/aromatic N) is 3. The predicted molar refractivity (Wildman–Crippen MR) is 67.9 cm³/mol. The SMILES string of the molecule is Cc1c(CN2CCNC(C)C2)cnn1C.Cl. The number of hydrogen-bond donors (Lipinski definition) is 1. The number of hydrogen-bond acceptors (Lipinski definition) is 3. The molecule has 4 nitrogen and oxygen atoms in total. The van der Waals surface area contributed by atoms with Gasteiger partial charge in [0.25, 0.3) is 0 Å². The molecule has 1 atom stereocenters. The van der Waals surface area contributed by atoms with Crippen LogP contribution in [0.25, 0.3) is 0 Å². The summed E-state index contributed by atoms with van der Waals surface area (Å²) in [6.45, 7) is 8.77. The minimum Gasteiger partial charge on any atom is -0.312 e. The molecule has 0 aliphatic carbocycles. The van der Waals surface area contributed by atoms with Gasteiger partial charge in [-0.3, -0.25) is 9.58 Å². The van der Waals surface area contributed by atoms with Crippen molar-refractivity contribution in [2.75, 3.05) is 19.6 Å². The van der Waals surface area contributed by atoms with Crippen molar-refractivity contribution in [3.63, 3.8) is 0 Å². The van der Waals surface area contributed by atoms with Crippen molar-refractivity contribution in [1.82, 2.24) is 20.0 Å². The molecule has 5 heteroatoms. The number of piperazine rings is 1. The number of aryl methyl sites for hydroxylation is 1. The van der Waals surface area contributed by atoms with E-state index in [1.807, 2.05) is 17.9 Å². The van der Waals surface area contributed by atoms with Crippen molar-refractivity contribution in [2.24, 2.45) is 7.05 Å². The van der Waals surface area contributed by atoms with Crippen LogP contribution in [-0.4, -0.2) is 40.4 Å². The van der Waals surface area contributed by atoms with Crippen LogP contribution in [0.5, 0.6) is 0 Å². The van der Waals surface area contributed by atoms with Gasteiger partial charge in [0.1, 0.15) is 0 Å². The quantitative estimate of drug-likeness (QED) is 0.841. The van der Waals surface area contributed by atoms with Crippen LogP contribution >= 0.6 is 12.4 Å². The van der Waals surface area contributed by atoms with Gasteiger partial charge in [-0.05, 0) is 13.8 Å². The normalized spacial score (nSPS) is 21.8. The van der Waals surface area contributed by atoms with Gasteiger partial charge in [0.2, 0.25) is 0 Å². The largest absolute Gasteiger partial charge is 0.312 e. The van der Waals surface area contributed by atoms with E-state index in [0.717, 1.165) is 26.2 Å². The standard InChI is InChI=1S/C11H20N4.ClH/c1-9-7-15(5-4-12-9)8-11-6-13-14(3)10(11)2;/h6,9,12H,4-5,7-8H2,1-3H3;1H. The second-order valence-corrected chi connectivity index (χ2v) is 4.47. The van der Waals surface area contributed by atoms with Crippen molar-refractivity contribution < 1.29 is 0 Å². The van der Waals surface area contributed by atoms with Crippen LogP contribution in [-0.2, 0) is 13.6 Å². The first kappa shape index (κ1) is 13.5. The van der Waals surface area contributed by atoms with Crippen molar-refractivity contribution >= 4 is 12.4 Å². The molecule has 1 saturated heterocycles. The van der Waals surface area contributed by atoms with Crippen LogP contribution in [0.15, 0.2) is 6.20 Å². The smallest absolute Gasteiger partial charge is 0.0537 e. The van der Waals surface area contributed by atoms with Crippen molar-refractivity contribution in [2.45, 2.75) is 26.4 Å². The lowest BCUT2D eigenvalue weighted by molar-refractivity contribution is 0.199. The van der Waals surface area contributed by atoms with Crippen molar-refractivity contribution in [3.05, 3.63) is 17.5 Å². The minimum absolute atomic E-state index is 0. The number of halogens is 1. The topological polar surface area (TPSA) is 33.1 Å². The Morgan fingerprint density at radius 1 is 1.56 bits per heavy atom. The average Bonchev–Trinajstić information content (AvgIpc) is 2.50. The van der Waals surface area contributed by atoms with Crippen LogP contribution in [0.2, 0.25) is 0 Å². The molecule has 0 amide bonds. The third-order valence-electron chi connectivity index (χ3n) is 3.18. The molecule has 1 aliphatic heterocycles. The zero-order valence-electron chi connectivity index (χ0n) is 10.2. The van der Waals surface area contributed by atoms with E-state index in [2.05, 4.69) is 29.2 Å². The molecule has 92 valence electrons. The van der Waals surface area contributed by atoms with Crippen molar-refractivity contribution in [3.8, 4) is 0 Å². The van der Waals surface area contributed by atoms with Crippen LogP contribution in [0, 0.1) is 6.92 Å². The molecular weight excluding hydrogens is 224 g/mol. The van der Waals surface area contributed by atoms with E-state index in [1.54, 1.807) is 0 Å². The third kappa shape index (κ3) is 2.97. The van der Waals surface area contributed by atoms with Crippen molar-refractivity contribution in [1.29, 1.82) is 0 Å². The summed E-state index contributed by atoms with van der Waals surface area (Å²) in [4.78, 5) is 2.49. The zero-order chi connectivity index (χ0) is 10.8. The van der Waals surface area contributed by atoms with E-state index in [9.17, 15) is 0 Å². The fourth-order valence-corrected chi connectivity index (χ4v) is 2.10. The van der Waals surface area contributed by atoms with Gasteiger partial charge < -0.3 is 5.32 Å². The molecule has 1 aliphatic rings. The third-order valence-corrected chi connectivity index (χ3v) is 3.18. The molecule has 2 heterocycles. The van der Waals surface area contributed by atoms with Gasteiger partial charge in [0.05, 0.1) is 6.20 Å². The second kappa shape index (κ2) is 5.66. The molecule has 1 N–H and O–H groups in total. The first-order valence-electron chi connectivity index (χ1n) is 5.60. The molecular formula is C11H21ClN4. The summed E-state index contributed by atoms with van der Waals surface area (Å²) in [6.07, 6.45) is 1.99.